The van der Waals surface area contributed by atoms with Crippen molar-refractivity contribution in [2.45, 2.75) is 46.1 Å². The van der Waals surface area contributed by atoms with Crippen molar-refractivity contribution < 1.29 is 4.52 Å². The maximum atomic E-state index is 6.24. The first-order chi connectivity index (χ1) is 12.9. The zero-order valence-electron chi connectivity index (χ0n) is 15.9. The summed E-state index contributed by atoms with van der Waals surface area (Å²) >= 11 is 12.2. The fourth-order valence-corrected chi connectivity index (χ4v) is 3.52. The molecule has 0 amide bonds. The van der Waals surface area contributed by atoms with Gasteiger partial charge in [-0.1, -0.05) is 74.3 Å². The lowest BCUT2D eigenvalue weighted by atomic mass is 9.92. The van der Waals surface area contributed by atoms with E-state index < -0.39 is 0 Å². The molecule has 6 heteroatoms. The van der Waals surface area contributed by atoms with E-state index in [-0.39, 0.29) is 0 Å². The number of hydrogen-bond acceptors (Lipinski definition) is 4. The van der Waals surface area contributed by atoms with E-state index in [9.17, 15) is 0 Å². The maximum Gasteiger partial charge on any atom is 0.246 e. The van der Waals surface area contributed by atoms with Gasteiger partial charge in [-0.3, -0.25) is 0 Å². The van der Waals surface area contributed by atoms with Gasteiger partial charge < -0.3 is 9.84 Å². The molecule has 3 rings (SSSR count). The fraction of sp³-hybridized carbons (Fsp3) is 0.333. The Morgan fingerprint density at radius 3 is 2.26 bits per heavy atom. The molecule has 0 saturated heterocycles. The van der Waals surface area contributed by atoms with Crippen molar-refractivity contribution in [2.75, 3.05) is 5.32 Å². The van der Waals surface area contributed by atoms with Gasteiger partial charge in [-0.15, -0.1) is 0 Å². The summed E-state index contributed by atoms with van der Waals surface area (Å²) in [5.41, 5.74) is 4.40. The second kappa shape index (κ2) is 8.32. The lowest BCUT2D eigenvalue weighted by Gasteiger charge is -2.20. The predicted molar refractivity (Wildman–Crippen MR) is 112 cm³/mol. The minimum Gasteiger partial charge on any atom is -0.376 e. The van der Waals surface area contributed by atoms with Gasteiger partial charge in [-0.05, 0) is 41.2 Å². The van der Waals surface area contributed by atoms with Crippen LogP contribution in [-0.2, 0) is 6.54 Å². The second-order valence-electron chi connectivity index (χ2n) is 7.11. The number of benzene rings is 2. The number of halogens is 2. The van der Waals surface area contributed by atoms with Crippen molar-refractivity contribution in [1.82, 2.24) is 10.1 Å². The van der Waals surface area contributed by atoms with E-state index in [0.717, 1.165) is 5.69 Å². The second-order valence-corrected chi connectivity index (χ2v) is 7.95. The first kappa shape index (κ1) is 19.7. The minimum atomic E-state index is 0.414. The molecule has 0 saturated carbocycles. The highest BCUT2D eigenvalue weighted by Crippen LogP contribution is 2.33. The number of anilines is 1. The van der Waals surface area contributed by atoms with E-state index >= 15 is 0 Å². The highest BCUT2D eigenvalue weighted by Gasteiger charge is 2.16. The van der Waals surface area contributed by atoms with E-state index in [1.807, 2.05) is 0 Å². The third kappa shape index (κ3) is 4.45. The van der Waals surface area contributed by atoms with Crippen LogP contribution in [0.4, 0.5) is 5.69 Å². The van der Waals surface area contributed by atoms with Crippen LogP contribution in [0.1, 0.15) is 56.5 Å². The predicted octanol–water partition coefficient (Wildman–Crippen LogP) is 6.90. The summed E-state index contributed by atoms with van der Waals surface area (Å²) in [5.74, 6) is 1.79. The average molecular weight is 404 g/mol. The Kier molecular flexibility index (Phi) is 6.08. The van der Waals surface area contributed by atoms with E-state index in [0.29, 0.717) is 45.7 Å². The Balaban J connectivity index is 1.83. The Labute approximate surface area is 169 Å². The van der Waals surface area contributed by atoms with Crippen LogP contribution in [0.15, 0.2) is 40.9 Å². The van der Waals surface area contributed by atoms with Crippen LogP contribution >= 0.6 is 23.2 Å². The first-order valence-electron chi connectivity index (χ1n) is 9.01. The first-order valence-corrected chi connectivity index (χ1v) is 9.77. The summed E-state index contributed by atoms with van der Waals surface area (Å²) in [5, 5.41) is 8.62. The molecule has 0 aliphatic heterocycles. The normalized spacial score (nSPS) is 11.4. The Morgan fingerprint density at radius 2 is 1.67 bits per heavy atom. The van der Waals surface area contributed by atoms with Crippen LogP contribution in [-0.4, -0.2) is 10.1 Å². The zero-order chi connectivity index (χ0) is 19.6. The summed E-state index contributed by atoms with van der Waals surface area (Å²) in [4.78, 5) is 4.47. The van der Waals surface area contributed by atoms with Crippen LogP contribution in [0.5, 0.6) is 0 Å². The number of para-hydroxylation sites is 1. The lowest BCUT2D eigenvalue weighted by Crippen LogP contribution is -2.08. The van der Waals surface area contributed by atoms with Crippen molar-refractivity contribution in [2.24, 2.45) is 0 Å². The van der Waals surface area contributed by atoms with Crippen LogP contribution in [0.25, 0.3) is 11.4 Å². The van der Waals surface area contributed by atoms with Gasteiger partial charge in [0.05, 0.1) is 11.6 Å². The molecular weight excluding hydrogens is 381 g/mol. The van der Waals surface area contributed by atoms with Crippen molar-refractivity contribution in [3.8, 4) is 11.4 Å². The molecule has 2 aromatic carbocycles. The molecule has 0 spiro atoms. The minimum absolute atomic E-state index is 0.414. The Morgan fingerprint density at radius 1 is 1.00 bits per heavy atom. The topological polar surface area (TPSA) is 51.0 Å². The van der Waals surface area contributed by atoms with Crippen LogP contribution in [0.2, 0.25) is 10.0 Å². The maximum absolute atomic E-state index is 6.24. The molecule has 0 unspecified atom stereocenters. The van der Waals surface area contributed by atoms with Crippen molar-refractivity contribution in [3.63, 3.8) is 0 Å². The number of aromatic nitrogens is 2. The van der Waals surface area contributed by atoms with E-state index in [1.54, 1.807) is 18.2 Å². The third-order valence-corrected chi connectivity index (χ3v) is 4.98. The number of hydrogen-bond donors (Lipinski definition) is 1. The summed E-state index contributed by atoms with van der Waals surface area (Å²) in [6.45, 7) is 9.22. The molecule has 3 aromatic rings. The molecule has 1 heterocycles. The largest absolute Gasteiger partial charge is 0.376 e. The molecule has 27 heavy (non-hydrogen) atoms. The Bertz CT molecular complexity index is 909. The van der Waals surface area contributed by atoms with Gasteiger partial charge in [0, 0.05) is 16.3 Å². The van der Waals surface area contributed by atoms with Crippen LogP contribution in [0.3, 0.4) is 0 Å². The molecule has 0 radical (unpaired) electrons. The Hall–Kier alpha value is -2.04. The lowest BCUT2D eigenvalue weighted by molar-refractivity contribution is 0.384. The van der Waals surface area contributed by atoms with E-state index in [1.165, 1.54) is 11.1 Å². The van der Waals surface area contributed by atoms with Gasteiger partial charge in [0.15, 0.2) is 0 Å². The highest BCUT2D eigenvalue weighted by atomic mass is 35.5. The number of nitrogens with zero attached hydrogens (tertiary/aromatic N) is 2. The monoisotopic (exact) mass is 403 g/mol. The molecule has 1 N–H and O–H groups in total. The average Bonchev–Trinajstić information content (AvgIpc) is 3.08. The van der Waals surface area contributed by atoms with Gasteiger partial charge in [0.1, 0.15) is 0 Å². The quantitative estimate of drug-likeness (QED) is 0.485. The highest BCUT2D eigenvalue weighted by molar-refractivity contribution is 6.36. The molecule has 0 aliphatic carbocycles. The molecule has 4 nitrogen and oxygen atoms in total. The summed E-state index contributed by atoms with van der Waals surface area (Å²) in [6, 6.07) is 11.6. The third-order valence-electron chi connectivity index (χ3n) is 4.43. The van der Waals surface area contributed by atoms with E-state index in [2.05, 4.69) is 61.4 Å². The molecule has 0 atom stereocenters. The van der Waals surface area contributed by atoms with Crippen molar-refractivity contribution in [3.05, 3.63) is 63.5 Å². The van der Waals surface area contributed by atoms with Crippen LogP contribution in [0, 0.1) is 0 Å². The molecule has 0 fully saturated rings. The fourth-order valence-electron chi connectivity index (χ4n) is 3.03. The number of nitrogens with one attached hydrogen (secondary N) is 1. The van der Waals surface area contributed by atoms with Crippen molar-refractivity contribution >= 4 is 28.9 Å². The SMILES string of the molecule is CC(C)c1cccc(C(C)C)c1NCc1nc(-c2ccc(Cl)cc2Cl)no1. The molecular formula is C21H23Cl2N3O. The standard InChI is InChI=1S/C21H23Cl2N3O/c1-12(2)15-6-5-7-16(13(3)4)20(15)24-11-19-25-21(26-27-19)17-9-8-14(22)10-18(17)23/h5-10,12-13,24H,11H2,1-4H3. The summed E-state index contributed by atoms with van der Waals surface area (Å²) < 4.78 is 5.41. The smallest absolute Gasteiger partial charge is 0.246 e. The van der Waals surface area contributed by atoms with Gasteiger partial charge in [-0.2, -0.15) is 4.98 Å². The summed E-state index contributed by atoms with van der Waals surface area (Å²) in [7, 11) is 0. The van der Waals surface area contributed by atoms with Gasteiger partial charge in [0.25, 0.3) is 0 Å². The van der Waals surface area contributed by atoms with Crippen LogP contribution < -0.4 is 5.32 Å². The summed E-state index contributed by atoms with van der Waals surface area (Å²) in [6.07, 6.45) is 0. The molecule has 1 aromatic heterocycles. The van der Waals surface area contributed by atoms with Gasteiger partial charge in [-0.25, -0.2) is 0 Å². The van der Waals surface area contributed by atoms with Gasteiger partial charge in [0.2, 0.25) is 11.7 Å². The van der Waals surface area contributed by atoms with E-state index in [4.69, 9.17) is 27.7 Å². The molecule has 0 aliphatic rings. The molecule has 0 bridgehead atoms. The number of rotatable bonds is 6. The van der Waals surface area contributed by atoms with Crippen molar-refractivity contribution in [1.29, 1.82) is 0 Å². The molecule has 142 valence electrons. The van der Waals surface area contributed by atoms with Gasteiger partial charge >= 0.3 is 0 Å². The zero-order valence-corrected chi connectivity index (χ0v) is 17.4.